The topological polar surface area (TPSA) is 83.0 Å². The maximum absolute atomic E-state index is 14.3. The zero-order valence-corrected chi connectivity index (χ0v) is 12.9. The Labute approximate surface area is 137 Å². The fourth-order valence-corrected chi connectivity index (χ4v) is 2.97. The molecule has 0 spiro atoms. The molecule has 3 rings (SSSR count). The van der Waals surface area contributed by atoms with Crippen LogP contribution in [-0.4, -0.2) is 22.3 Å². The normalized spacial score (nSPS) is 13.3. The van der Waals surface area contributed by atoms with Crippen LogP contribution in [0.3, 0.4) is 0 Å². The standard InChI is InChI=1S/C17H14F2N4O/c1-9(24)23-6-5-14-11(8-23)15(10(7-20)17(21)22-14)16-12(18)3-2-4-13(16)19/h2-4H,5-6,8H2,1H3,(H2,21,22). The largest absolute Gasteiger partial charge is 0.383 e. The number of rotatable bonds is 1. The van der Waals surface area contributed by atoms with Gasteiger partial charge in [-0.25, -0.2) is 13.8 Å². The van der Waals surface area contributed by atoms with Crippen LogP contribution < -0.4 is 5.73 Å². The molecule has 0 bridgehead atoms. The summed E-state index contributed by atoms with van der Waals surface area (Å²) in [4.78, 5) is 17.4. The Morgan fingerprint density at radius 1 is 1.33 bits per heavy atom. The summed E-state index contributed by atoms with van der Waals surface area (Å²) in [5.41, 5.74) is 6.54. The highest BCUT2D eigenvalue weighted by Gasteiger charge is 2.28. The maximum Gasteiger partial charge on any atom is 0.219 e. The number of nitriles is 1. The van der Waals surface area contributed by atoms with Crippen LogP contribution in [0.5, 0.6) is 0 Å². The van der Waals surface area contributed by atoms with Crippen molar-refractivity contribution in [3.63, 3.8) is 0 Å². The number of amides is 1. The molecule has 1 amide bonds. The molecule has 5 nitrogen and oxygen atoms in total. The molecule has 2 N–H and O–H groups in total. The third kappa shape index (κ3) is 2.46. The van der Waals surface area contributed by atoms with E-state index in [-0.39, 0.29) is 35.0 Å². The van der Waals surface area contributed by atoms with Gasteiger partial charge < -0.3 is 10.6 Å². The Morgan fingerprint density at radius 3 is 2.58 bits per heavy atom. The molecule has 0 fully saturated rings. The van der Waals surface area contributed by atoms with Gasteiger partial charge in [0, 0.05) is 37.6 Å². The molecule has 0 unspecified atom stereocenters. The molecule has 1 aliphatic rings. The molecule has 2 aromatic rings. The monoisotopic (exact) mass is 328 g/mol. The zero-order valence-electron chi connectivity index (χ0n) is 12.9. The van der Waals surface area contributed by atoms with Crippen molar-refractivity contribution >= 4 is 11.7 Å². The third-order valence-corrected chi connectivity index (χ3v) is 4.15. The van der Waals surface area contributed by atoms with Crippen LogP contribution in [-0.2, 0) is 17.8 Å². The highest BCUT2D eigenvalue weighted by molar-refractivity contribution is 5.81. The molecule has 1 aliphatic heterocycles. The first-order valence-corrected chi connectivity index (χ1v) is 7.35. The number of nitrogens with zero attached hydrogens (tertiary/aromatic N) is 3. The van der Waals surface area contributed by atoms with Crippen molar-refractivity contribution in [2.75, 3.05) is 12.3 Å². The van der Waals surface area contributed by atoms with Crippen molar-refractivity contribution < 1.29 is 13.6 Å². The molecular formula is C17H14F2N4O. The molecular weight excluding hydrogens is 314 g/mol. The molecule has 122 valence electrons. The number of carbonyl (C=O) groups excluding carboxylic acids is 1. The number of aromatic nitrogens is 1. The van der Waals surface area contributed by atoms with Crippen molar-refractivity contribution in [2.45, 2.75) is 19.9 Å². The van der Waals surface area contributed by atoms with Gasteiger partial charge in [-0.3, -0.25) is 4.79 Å². The van der Waals surface area contributed by atoms with Crippen molar-refractivity contribution in [3.8, 4) is 17.2 Å². The van der Waals surface area contributed by atoms with E-state index in [2.05, 4.69) is 4.98 Å². The van der Waals surface area contributed by atoms with E-state index in [4.69, 9.17) is 5.73 Å². The number of halogens is 2. The number of benzene rings is 1. The molecule has 0 saturated carbocycles. The maximum atomic E-state index is 14.3. The summed E-state index contributed by atoms with van der Waals surface area (Å²) >= 11 is 0. The number of hydrogen-bond acceptors (Lipinski definition) is 4. The van der Waals surface area contributed by atoms with Crippen LogP contribution in [0, 0.1) is 23.0 Å². The molecule has 0 aliphatic carbocycles. The smallest absolute Gasteiger partial charge is 0.219 e. The number of hydrogen-bond donors (Lipinski definition) is 1. The lowest BCUT2D eigenvalue weighted by Crippen LogP contribution is -2.35. The average molecular weight is 328 g/mol. The first-order valence-electron chi connectivity index (χ1n) is 7.35. The summed E-state index contributed by atoms with van der Waals surface area (Å²) in [6, 6.07) is 5.37. The summed E-state index contributed by atoms with van der Waals surface area (Å²) in [6.07, 6.45) is 0.411. The Bertz CT molecular complexity index is 869. The summed E-state index contributed by atoms with van der Waals surface area (Å²) in [7, 11) is 0. The van der Waals surface area contributed by atoms with Gasteiger partial charge in [0.25, 0.3) is 0 Å². The number of nitrogens with two attached hydrogens (primary N) is 1. The SMILES string of the molecule is CC(=O)N1CCc2nc(N)c(C#N)c(-c3c(F)cccc3F)c2C1. The number of fused-ring (bicyclic) bond motifs is 1. The number of carbonyl (C=O) groups is 1. The van der Waals surface area contributed by atoms with E-state index in [1.165, 1.54) is 13.0 Å². The Hall–Kier alpha value is -3.01. The lowest BCUT2D eigenvalue weighted by atomic mass is 9.90. The lowest BCUT2D eigenvalue weighted by Gasteiger charge is -2.30. The third-order valence-electron chi connectivity index (χ3n) is 4.15. The molecule has 0 saturated heterocycles. The quantitative estimate of drug-likeness (QED) is 0.871. The number of anilines is 1. The van der Waals surface area contributed by atoms with Crippen LogP contribution in [0.1, 0.15) is 23.7 Å². The second-order valence-corrected chi connectivity index (χ2v) is 5.57. The Morgan fingerprint density at radius 2 is 2.00 bits per heavy atom. The molecule has 1 aromatic heterocycles. The van der Waals surface area contributed by atoms with E-state index in [1.807, 2.05) is 6.07 Å². The van der Waals surface area contributed by atoms with E-state index in [0.717, 1.165) is 12.1 Å². The molecule has 2 heterocycles. The van der Waals surface area contributed by atoms with Gasteiger partial charge in [0.05, 0.1) is 11.3 Å². The van der Waals surface area contributed by atoms with Gasteiger partial charge in [-0.05, 0) is 12.1 Å². The van der Waals surface area contributed by atoms with Crippen molar-refractivity contribution in [3.05, 3.63) is 46.7 Å². The lowest BCUT2D eigenvalue weighted by molar-refractivity contribution is -0.129. The highest BCUT2D eigenvalue weighted by atomic mass is 19.1. The minimum atomic E-state index is -0.792. The van der Waals surface area contributed by atoms with E-state index in [0.29, 0.717) is 24.2 Å². The van der Waals surface area contributed by atoms with Gasteiger partial charge in [0.15, 0.2) is 0 Å². The van der Waals surface area contributed by atoms with Crippen LogP contribution in [0.2, 0.25) is 0 Å². The molecule has 7 heteroatoms. The van der Waals surface area contributed by atoms with Gasteiger partial charge >= 0.3 is 0 Å². The van der Waals surface area contributed by atoms with Crippen molar-refractivity contribution in [1.29, 1.82) is 5.26 Å². The summed E-state index contributed by atoms with van der Waals surface area (Å²) in [5, 5.41) is 9.42. The summed E-state index contributed by atoms with van der Waals surface area (Å²) in [6.45, 7) is 2.00. The second-order valence-electron chi connectivity index (χ2n) is 5.57. The predicted octanol–water partition coefficient (Wildman–Crippen LogP) is 2.39. The van der Waals surface area contributed by atoms with Crippen LogP contribution in [0.25, 0.3) is 11.1 Å². The molecule has 1 aromatic carbocycles. The second kappa shape index (κ2) is 5.89. The molecule has 0 radical (unpaired) electrons. The van der Waals surface area contributed by atoms with Gasteiger partial charge in [-0.1, -0.05) is 6.07 Å². The van der Waals surface area contributed by atoms with Crippen molar-refractivity contribution in [2.24, 2.45) is 0 Å². The number of nitrogen functional groups attached to an aromatic ring is 1. The van der Waals surface area contributed by atoms with E-state index in [1.54, 1.807) is 4.90 Å². The summed E-state index contributed by atoms with van der Waals surface area (Å²) < 4.78 is 28.6. The van der Waals surface area contributed by atoms with E-state index >= 15 is 0 Å². The Kier molecular flexibility index (Phi) is 3.89. The van der Waals surface area contributed by atoms with Gasteiger partial charge in [0.1, 0.15) is 29.1 Å². The summed E-state index contributed by atoms with van der Waals surface area (Å²) in [5.74, 6) is -1.81. The molecule has 24 heavy (non-hydrogen) atoms. The Balaban J connectivity index is 2.34. The van der Waals surface area contributed by atoms with Gasteiger partial charge in [-0.2, -0.15) is 5.26 Å². The fraction of sp³-hybridized carbons (Fsp3) is 0.235. The van der Waals surface area contributed by atoms with Crippen LogP contribution in [0.15, 0.2) is 18.2 Å². The predicted molar refractivity (Wildman–Crippen MR) is 83.5 cm³/mol. The van der Waals surface area contributed by atoms with Crippen molar-refractivity contribution in [1.82, 2.24) is 9.88 Å². The van der Waals surface area contributed by atoms with Gasteiger partial charge in [0.2, 0.25) is 5.91 Å². The van der Waals surface area contributed by atoms with E-state index in [9.17, 15) is 18.8 Å². The number of pyridine rings is 1. The van der Waals surface area contributed by atoms with Crippen LogP contribution in [0.4, 0.5) is 14.6 Å². The minimum absolute atomic E-state index is 0.0646. The average Bonchev–Trinajstić information content (AvgIpc) is 2.54. The van der Waals surface area contributed by atoms with E-state index < -0.39 is 11.6 Å². The van der Waals surface area contributed by atoms with Crippen LogP contribution >= 0.6 is 0 Å². The first-order chi connectivity index (χ1) is 11.4. The molecule has 0 atom stereocenters. The minimum Gasteiger partial charge on any atom is -0.383 e. The first kappa shape index (κ1) is 15.9. The zero-order chi connectivity index (χ0) is 17.4. The van der Waals surface area contributed by atoms with Gasteiger partial charge in [-0.15, -0.1) is 0 Å². The highest BCUT2D eigenvalue weighted by Crippen LogP contribution is 2.37. The fourth-order valence-electron chi connectivity index (χ4n) is 2.97.